The fraction of sp³-hybridized carbons (Fsp3) is 0.188. The number of hydrogen-bond acceptors (Lipinski definition) is 5. The number of rotatable bonds is 4. The van der Waals surface area contributed by atoms with Crippen LogP contribution in [0.2, 0.25) is 5.02 Å². The van der Waals surface area contributed by atoms with Crippen molar-refractivity contribution in [3.05, 3.63) is 46.7 Å². The number of aromatic nitrogens is 2. The Morgan fingerprint density at radius 1 is 1.32 bits per heavy atom. The number of benzene rings is 1. The van der Waals surface area contributed by atoms with Crippen molar-refractivity contribution >= 4 is 40.2 Å². The van der Waals surface area contributed by atoms with Gasteiger partial charge in [-0.2, -0.15) is 0 Å². The van der Waals surface area contributed by atoms with Crippen LogP contribution in [0.1, 0.15) is 11.3 Å². The van der Waals surface area contributed by atoms with E-state index in [1.165, 1.54) is 12.2 Å². The van der Waals surface area contributed by atoms with Gasteiger partial charge >= 0.3 is 11.8 Å². The van der Waals surface area contributed by atoms with Crippen molar-refractivity contribution in [2.75, 3.05) is 11.1 Å². The third-order valence-corrected chi connectivity index (χ3v) is 4.09. The lowest BCUT2D eigenvalue weighted by atomic mass is 10.1. The molecule has 0 saturated heterocycles. The van der Waals surface area contributed by atoms with E-state index in [1.807, 2.05) is 0 Å². The summed E-state index contributed by atoms with van der Waals surface area (Å²) < 4.78 is 61.1. The number of nitrogens with zero attached hydrogens (tertiary/aromatic N) is 2. The van der Waals surface area contributed by atoms with E-state index in [0.29, 0.717) is 0 Å². The molecule has 0 aliphatic heterocycles. The fourth-order valence-electron chi connectivity index (χ4n) is 2.53. The number of amides is 2. The molecule has 1 aromatic carbocycles. The lowest BCUT2D eigenvalue weighted by Crippen LogP contribution is -2.49. The summed E-state index contributed by atoms with van der Waals surface area (Å²) in [5, 5.41) is 3.38. The van der Waals surface area contributed by atoms with Gasteiger partial charge in [0.05, 0.1) is 23.1 Å². The number of nitrogens with two attached hydrogens (primary N) is 1. The van der Waals surface area contributed by atoms with Crippen LogP contribution in [0.4, 0.5) is 34.0 Å². The Balaban J connectivity index is 1.97. The first-order valence-electron chi connectivity index (χ1n) is 7.64. The van der Waals surface area contributed by atoms with E-state index >= 15 is 4.39 Å². The number of carbonyl (C=O) groups excluding carboxylic acids is 1. The minimum atomic E-state index is -3.72. The first-order valence-corrected chi connectivity index (χ1v) is 8.02. The van der Waals surface area contributed by atoms with Crippen LogP contribution in [0.5, 0.6) is 0 Å². The van der Waals surface area contributed by atoms with E-state index in [0.717, 1.165) is 24.5 Å². The van der Waals surface area contributed by atoms with Crippen LogP contribution in [0.15, 0.2) is 28.9 Å². The Morgan fingerprint density at radius 2 is 1.96 bits per heavy atom. The maximum atomic E-state index is 15.2. The van der Waals surface area contributed by atoms with Crippen molar-refractivity contribution in [2.45, 2.75) is 19.1 Å². The van der Waals surface area contributed by atoms with Gasteiger partial charge in [0.15, 0.2) is 11.3 Å². The molecule has 0 saturated carbocycles. The summed E-state index contributed by atoms with van der Waals surface area (Å²) in [4.78, 5) is 19.2. The van der Waals surface area contributed by atoms with Crippen LogP contribution in [0.3, 0.4) is 0 Å². The van der Waals surface area contributed by atoms with Crippen LogP contribution >= 0.6 is 11.6 Å². The Morgan fingerprint density at radius 3 is 2.57 bits per heavy atom. The highest BCUT2D eigenvalue weighted by Gasteiger charge is 2.49. The minimum Gasteiger partial charge on any atom is -0.453 e. The number of nitrogen functional groups attached to an aromatic ring is 1. The number of anilines is 2. The van der Waals surface area contributed by atoms with Crippen LogP contribution in [-0.2, 0) is 5.79 Å². The van der Waals surface area contributed by atoms with Crippen molar-refractivity contribution in [3.8, 4) is 0 Å². The zero-order valence-corrected chi connectivity index (χ0v) is 14.8. The summed E-state index contributed by atoms with van der Waals surface area (Å²) in [6.45, 7) is 1.24. The molecule has 28 heavy (non-hydrogen) atoms. The van der Waals surface area contributed by atoms with Gasteiger partial charge in [0.25, 0.3) is 6.43 Å². The predicted octanol–water partition coefficient (Wildman–Crippen LogP) is 4.12. The van der Waals surface area contributed by atoms with Crippen LogP contribution in [0, 0.1) is 12.7 Å². The molecule has 0 aliphatic rings. The van der Waals surface area contributed by atoms with Crippen LogP contribution in [-0.4, -0.2) is 22.4 Å². The molecule has 2 heterocycles. The number of fused-ring (bicyclic) bond motifs is 1. The summed E-state index contributed by atoms with van der Waals surface area (Å²) in [5.74, 6) is -5.47. The molecule has 0 radical (unpaired) electrons. The van der Waals surface area contributed by atoms with Crippen molar-refractivity contribution < 1.29 is 26.8 Å². The SMILES string of the molecule is Cc1c(C(F)(NC(=O)Nc2cnc(N)nc2)C(F)F)oc2c(Cl)cc(F)cc12. The largest absolute Gasteiger partial charge is 0.453 e. The number of nitrogens with one attached hydrogen (secondary N) is 2. The van der Waals surface area contributed by atoms with E-state index in [2.05, 4.69) is 15.3 Å². The Kier molecular flexibility index (Phi) is 5.02. The number of halogens is 5. The zero-order chi connectivity index (χ0) is 20.6. The number of alkyl halides is 3. The summed E-state index contributed by atoms with van der Waals surface area (Å²) in [7, 11) is 0. The first kappa shape index (κ1) is 19.7. The van der Waals surface area contributed by atoms with Gasteiger partial charge in [-0.3, -0.25) is 5.32 Å². The molecule has 4 N–H and O–H groups in total. The molecule has 0 bridgehead atoms. The van der Waals surface area contributed by atoms with Crippen LogP contribution in [0.25, 0.3) is 11.0 Å². The number of aryl methyl sites for hydroxylation is 1. The molecule has 7 nitrogen and oxygen atoms in total. The Labute approximate surface area is 159 Å². The highest BCUT2D eigenvalue weighted by molar-refractivity contribution is 6.34. The van der Waals surface area contributed by atoms with E-state index in [-0.39, 0.29) is 33.2 Å². The second-order valence-electron chi connectivity index (χ2n) is 5.74. The molecular weight excluding hydrogens is 406 g/mol. The van der Waals surface area contributed by atoms with E-state index in [1.54, 1.807) is 0 Å². The standard InChI is InChI=1S/C16H12ClF4N5O2/c1-6-9-2-7(18)3-10(17)11(9)28-12(6)16(21,13(19)20)26-15(27)25-8-4-23-14(22)24-5-8/h2-5,13H,1H3,(H2,22,23,24)(H2,25,26,27). The topological polar surface area (TPSA) is 106 Å². The average molecular weight is 418 g/mol. The number of carbonyl (C=O) groups is 1. The molecular formula is C16H12ClF4N5O2. The molecule has 148 valence electrons. The molecule has 2 aromatic heterocycles. The second kappa shape index (κ2) is 7.15. The highest BCUT2D eigenvalue weighted by atomic mass is 35.5. The van der Waals surface area contributed by atoms with Crippen molar-refractivity contribution in [2.24, 2.45) is 0 Å². The molecule has 0 spiro atoms. The normalized spacial score (nSPS) is 13.5. The molecule has 0 aliphatic carbocycles. The summed E-state index contributed by atoms with van der Waals surface area (Å²) in [6.07, 6.45) is -1.53. The molecule has 3 aromatic rings. The molecule has 1 unspecified atom stereocenters. The lowest BCUT2D eigenvalue weighted by molar-refractivity contribution is -0.0663. The highest BCUT2D eigenvalue weighted by Crippen LogP contribution is 2.40. The van der Waals surface area contributed by atoms with Gasteiger partial charge < -0.3 is 15.5 Å². The van der Waals surface area contributed by atoms with Gasteiger partial charge in [0, 0.05) is 10.9 Å². The van der Waals surface area contributed by atoms with Gasteiger partial charge in [0.1, 0.15) is 5.82 Å². The smallest absolute Gasteiger partial charge is 0.322 e. The maximum Gasteiger partial charge on any atom is 0.322 e. The van der Waals surface area contributed by atoms with Gasteiger partial charge in [-0.15, -0.1) is 0 Å². The van der Waals surface area contributed by atoms with Gasteiger partial charge in [0.2, 0.25) is 5.95 Å². The van der Waals surface area contributed by atoms with Gasteiger partial charge in [-0.25, -0.2) is 32.3 Å². The fourth-order valence-corrected chi connectivity index (χ4v) is 2.78. The van der Waals surface area contributed by atoms with Crippen molar-refractivity contribution in [1.29, 1.82) is 0 Å². The number of furan rings is 1. The maximum absolute atomic E-state index is 15.2. The predicted molar refractivity (Wildman–Crippen MR) is 93.3 cm³/mol. The molecule has 0 fully saturated rings. The minimum absolute atomic E-state index is 0.00295. The quantitative estimate of drug-likeness (QED) is 0.437. The van der Waals surface area contributed by atoms with Gasteiger partial charge in [-0.1, -0.05) is 11.6 Å². The van der Waals surface area contributed by atoms with Gasteiger partial charge in [-0.05, 0) is 19.1 Å². The zero-order valence-electron chi connectivity index (χ0n) is 14.1. The third kappa shape index (κ3) is 3.52. The monoisotopic (exact) mass is 417 g/mol. The van der Waals surface area contributed by atoms with Crippen LogP contribution < -0.4 is 16.4 Å². The molecule has 2 amide bonds. The van der Waals surface area contributed by atoms with E-state index < -0.39 is 29.8 Å². The molecule has 12 heteroatoms. The number of urea groups is 1. The number of hydrogen-bond donors (Lipinski definition) is 3. The third-order valence-electron chi connectivity index (χ3n) is 3.81. The van der Waals surface area contributed by atoms with Crippen molar-refractivity contribution in [3.63, 3.8) is 0 Å². The molecule has 3 rings (SSSR count). The lowest BCUT2D eigenvalue weighted by Gasteiger charge is -2.24. The Hall–Kier alpha value is -3.08. The first-order chi connectivity index (χ1) is 13.1. The Bertz CT molecular complexity index is 1040. The molecule has 1 atom stereocenters. The summed E-state index contributed by atoms with van der Waals surface area (Å²) in [6, 6.07) is 0.523. The van der Waals surface area contributed by atoms with Crippen molar-refractivity contribution in [1.82, 2.24) is 15.3 Å². The van der Waals surface area contributed by atoms with E-state index in [4.69, 9.17) is 21.8 Å². The summed E-state index contributed by atoms with van der Waals surface area (Å²) in [5.41, 5.74) is 4.94. The average Bonchev–Trinajstić information content (AvgIpc) is 2.94. The summed E-state index contributed by atoms with van der Waals surface area (Å²) >= 11 is 5.84. The van der Waals surface area contributed by atoms with E-state index in [9.17, 15) is 18.0 Å². The second-order valence-corrected chi connectivity index (χ2v) is 6.15.